The van der Waals surface area contributed by atoms with E-state index in [0.29, 0.717) is 13.0 Å². The molecule has 8 nitrogen and oxygen atoms in total. The Labute approximate surface area is 192 Å². The largest absolute Gasteiger partial charge is 0.480 e. The van der Waals surface area contributed by atoms with Crippen LogP contribution in [-0.2, 0) is 19.6 Å². The number of sulfonamides is 1. The first-order valence-corrected chi connectivity index (χ1v) is 12.7. The van der Waals surface area contributed by atoms with Crippen molar-refractivity contribution in [2.45, 2.75) is 44.0 Å². The number of carbonyl (C=O) groups is 2. The van der Waals surface area contributed by atoms with Crippen molar-refractivity contribution in [3.8, 4) is 0 Å². The number of rotatable bonds is 10. The number of amides is 1. The summed E-state index contributed by atoms with van der Waals surface area (Å²) in [5, 5.41) is 9.67. The predicted octanol–water partition coefficient (Wildman–Crippen LogP) is 2.09. The molecule has 0 aliphatic carbocycles. The second kappa shape index (κ2) is 11.4. The Morgan fingerprint density at radius 1 is 1.10 bits per heavy atom. The van der Waals surface area contributed by atoms with Crippen LogP contribution < -0.4 is 0 Å². The zero-order chi connectivity index (χ0) is 22.3. The van der Waals surface area contributed by atoms with Crippen LogP contribution in [0.5, 0.6) is 0 Å². The lowest BCUT2D eigenvalue weighted by molar-refractivity contribution is -0.145. The van der Waals surface area contributed by atoms with E-state index in [4.69, 9.17) is 0 Å². The van der Waals surface area contributed by atoms with Crippen molar-refractivity contribution in [1.82, 2.24) is 14.1 Å². The molecule has 1 aliphatic rings. The molecule has 1 N–H and O–H groups in total. The van der Waals surface area contributed by atoms with Gasteiger partial charge in [-0.05, 0) is 72.8 Å². The van der Waals surface area contributed by atoms with Crippen molar-refractivity contribution in [3.63, 3.8) is 0 Å². The zero-order valence-electron chi connectivity index (χ0n) is 17.5. The van der Waals surface area contributed by atoms with Crippen LogP contribution in [0.1, 0.15) is 33.1 Å². The van der Waals surface area contributed by atoms with Crippen LogP contribution in [0.25, 0.3) is 0 Å². The highest BCUT2D eigenvalue weighted by Crippen LogP contribution is 2.23. The van der Waals surface area contributed by atoms with Gasteiger partial charge in [-0.25, -0.2) is 8.42 Å². The first kappa shape index (κ1) is 25.0. The third kappa shape index (κ3) is 6.38. The number of benzene rings is 1. The molecule has 1 saturated heterocycles. The lowest BCUT2D eigenvalue weighted by Gasteiger charge is -2.38. The standard InChI is InChI=1S/C20H30IN3O5S/c1-3-10-22(11-4-2)12-9-19(25)23-13-14-24(18(15-23)20(26)27)30(28,29)17-7-5-16(21)6-8-17/h5-8,18H,3-4,9-15H2,1-2H3,(H,26,27). The smallest absolute Gasteiger partial charge is 0.323 e. The number of piperazine rings is 1. The molecule has 0 spiro atoms. The molecule has 1 amide bonds. The van der Waals surface area contributed by atoms with Gasteiger partial charge in [-0.15, -0.1) is 0 Å². The van der Waals surface area contributed by atoms with E-state index in [1.165, 1.54) is 17.0 Å². The molecule has 1 aliphatic heterocycles. The van der Waals surface area contributed by atoms with E-state index in [-0.39, 0.29) is 30.4 Å². The monoisotopic (exact) mass is 551 g/mol. The van der Waals surface area contributed by atoms with E-state index in [9.17, 15) is 23.1 Å². The normalized spacial score (nSPS) is 18.0. The number of nitrogens with zero attached hydrogens (tertiary/aromatic N) is 3. The summed E-state index contributed by atoms with van der Waals surface area (Å²) in [5.74, 6) is -1.38. The van der Waals surface area contributed by atoms with E-state index >= 15 is 0 Å². The molecule has 2 rings (SSSR count). The molecule has 30 heavy (non-hydrogen) atoms. The molecule has 0 saturated carbocycles. The minimum atomic E-state index is -3.96. The fraction of sp³-hybridized carbons (Fsp3) is 0.600. The molecule has 168 valence electrons. The van der Waals surface area contributed by atoms with E-state index in [1.807, 2.05) is 0 Å². The van der Waals surface area contributed by atoms with Crippen molar-refractivity contribution in [3.05, 3.63) is 27.8 Å². The summed E-state index contributed by atoms with van der Waals surface area (Å²) in [7, 11) is -3.96. The maximum absolute atomic E-state index is 13.0. The molecule has 0 radical (unpaired) electrons. The Kier molecular flexibility index (Phi) is 9.51. The van der Waals surface area contributed by atoms with Crippen molar-refractivity contribution >= 4 is 44.5 Å². The number of hydrogen-bond donors (Lipinski definition) is 1. The molecule has 0 aromatic heterocycles. The SMILES string of the molecule is CCCN(CCC)CCC(=O)N1CCN(S(=O)(=O)c2ccc(I)cc2)C(C(=O)O)C1. The number of halogens is 1. The van der Waals surface area contributed by atoms with Crippen molar-refractivity contribution in [1.29, 1.82) is 0 Å². The second-order valence-electron chi connectivity index (χ2n) is 7.36. The van der Waals surface area contributed by atoms with Crippen molar-refractivity contribution in [2.75, 3.05) is 39.3 Å². The summed E-state index contributed by atoms with van der Waals surface area (Å²) in [6.07, 6.45) is 2.31. The molecule has 1 aromatic carbocycles. The minimum Gasteiger partial charge on any atom is -0.480 e. The number of carboxylic acids is 1. The number of hydrogen-bond acceptors (Lipinski definition) is 5. The summed E-state index contributed by atoms with van der Waals surface area (Å²) >= 11 is 2.08. The van der Waals surface area contributed by atoms with Gasteiger partial charge in [0.2, 0.25) is 15.9 Å². The topological polar surface area (TPSA) is 98.2 Å². The summed E-state index contributed by atoms with van der Waals surface area (Å²) in [5.41, 5.74) is 0. The van der Waals surface area contributed by atoms with Crippen LogP contribution in [0.4, 0.5) is 0 Å². The third-order valence-corrected chi connectivity index (χ3v) is 7.75. The molecular weight excluding hydrogens is 521 g/mol. The van der Waals surface area contributed by atoms with Gasteiger partial charge in [0.1, 0.15) is 6.04 Å². The van der Waals surface area contributed by atoms with Crippen LogP contribution in [0.3, 0.4) is 0 Å². The average Bonchev–Trinajstić information content (AvgIpc) is 2.72. The van der Waals surface area contributed by atoms with Crippen LogP contribution >= 0.6 is 22.6 Å². The van der Waals surface area contributed by atoms with Crippen LogP contribution in [0.2, 0.25) is 0 Å². The second-order valence-corrected chi connectivity index (χ2v) is 10.5. The fourth-order valence-electron chi connectivity index (χ4n) is 3.60. The van der Waals surface area contributed by atoms with Crippen molar-refractivity contribution in [2.24, 2.45) is 0 Å². The van der Waals surface area contributed by atoms with Crippen molar-refractivity contribution < 1.29 is 23.1 Å². The van der Waals surface area contributed by atoms with Crippen LogP contribution in [0.15, 0.2) is 29.2 Å². The first-order chi connectivity index (χ1) is 14.2. The summed E-state index contributed by atoms with van der Waals surface area (Å²) in [6.45, 7) is 6.66. The third-order valence-electron chi connectivity index (χ3n) is 5.11. The lowest BCUT2D eigenvalue weighted by Crippen LogP contribution is -2.59. The number of carboxylic acid groups (broad SMARTS) is 1. The van der Waals surface area contributed by atoms with Gasteiger partial charge in [-0.3, -0.25) is 9.59 Å². The van der Waals surface area contributed by atoms with E-state index in [0.717, 1.165) is 33.8 Å². The molecule has 1 heterocycles. The average molecular weight is 551 g/mol. The Morgan fingerprint density at radius 2 is 1.70 bits per heavy atom. The first-order valence-electron chi connectivity index (χ1n) is 10.2. The Hall–Kier alpha value is -1.24. The molecular formula is C20H30IN3O5S. The molecule has 1 unspecified atom stereocenters. The van der Waals surface area contributed by atoms with Gasteiger partial charge in [-0.2, -0.15) is 4.31 Å². The highest BCUT2D eigenvalue weighted by atomic mass is 127. The molecule has 1 atom stereocenters. The summed E-state index contributed by atoms with van der Waals surface area (Å²) in [4.78, 5) is 28.3. The predicted molar refractivity (Wildman–Crippen MR) is 123 cm³/mol. The highest BCUT2D eigenvalue weighted by Gasteiger charge is 2.41. The number of aliphatic carboxylic acids is 1. The Balaban J connectivity index is 2.08. The van der Waals surface area contributed by atoms with Gasteiger partial charge in [0.15, 0.2) is 0 Å². The molecule has 1 fully saturated rings. The van der Waals surface area contributed by atoms with Gasteiger partial charge >= 0.3 is 5.97 Å². The maximum atomic E-state index is 13.0. The van der Waals surface area contributed by atoms with E-state index in [2.05, 4.69) is 41.3 Å². The van der Waals surface area contributed by atoms with Crippen LogP contribution in [0, 0.1) is 3.57 Å². The molecule has 10 heteroatoms. The van der Waals surface area contributed by atoms with E-state index in [1.54, 1.807) is 12.1 Å². The molecule has 1 aromatic rings. The fourth-order valence-corrected chi connectivity index (χ4v) is 5.53. The lowest BCUT2D eigenvalue weighted by atomic mass is 10.2. The van der Waals surface area contributed by atoms with Crippen LogP contribution in [-0.4, -0.2) is 84.8 Å². The van der Waals surface area contributed by atoms with E-state index < -0.39 is 22.0 Å². The van der Waals surface area contributed by atoms with Gasteiger partial charge in [0.25, 0.3) is 0 Å². The van der Waals surface area contributed by atoms with Gasteiger partial charge < -0.3 is 14.9 Å². The summed E-state index contributed by atoms with van der Waals surface area (Å²) in [6, 6.07) is 4.99. The quantitative estimate of drug-likeness (QED) is 0.448. The maximum Gasteiger partial charge on any atom is 0.323 e. The Bertz CT molecular complexity index is 825. The van der Waals surface area contributed by atoms with Gasteiger partial charge in [0, 0.05) is 36.2 Å². The summed E-state index contributed by atoms with van der Waals surface area (Å²) < 4.78 is 27.9. The Morgan fingerprint density at radius 3 is 2.23 bits per heavy atom. The van der Waals surface area contributed by atoms with Gasteiger partial charge in [0.05, 0.1) is 4.90 Å². The molecule has 0 bridgehead atoms. The zero-order valence-corrected chi connectivity index (χ0v) is 20.4. The van der Waals surface area contributed by atoms with Gasteiger partial charge in [-0.1, -0.05) is 13.8 Å². The highest BCUT2D eigenvalue weighted by molar-refractivity contribution is 14.1. The minimum absolute atomic E-state index is 0.0370. The number of carbonyl (C=O) groups excluding carboxylic acids is 1.